The largest absolute Gasteiger partial charge is 0.493 e. The number of ether oxygens (including phenoxy) is 3. The van der Waals surface area contributed by atoms with Gasteiger partial charge in [-0.1, -0.05) is 38.1 Å². The number of benzene rings is 2. The minimum Gasteiger partial charge on any atom is -0.493 e. The molecule has 0 unspecified atom stereocenters. The van der Waals surface area contributed by atoms with E-state index in [0.717, 1.165) is 29.1 Å². The molecule has 1 aliphatic heterocycles. The highest BCUT2D eigenvalue weighted by Gasteiger charge is 2.45. The fourth-order valence-electron chi connectivity index (χ4n) is 4.65. The molecule has 2 aromatic rings. The van der Waals surface area contributed by atoms with E-state index in [2.05, 4.69) is 10.6 Å². The van der Waals surface area contributed by atoms with E-state index in [1.54, 1.807) is 7.11 Å². The lowest BCUT2D eigenvalue weighted by Gasteiger charge is -2.33. The maximum atomic E-state index is 13.8. The molecule has 1 aliphatic carbocycles. The van der Waals surface area contributed by atoms with Crippen molar-refractivity contribution >= 4 is 23.1 Å². The third-order valence-corrected chi connectivity index (χ3v) is 6.22. The van der Waals surface area contributed by atoms with Gasteiger partial charge in [0.2, 0.25) is 0 Å². The van der Waals surface area contributed by atoms with Gasteiger partial charge in [-0.3, -0.25) is 9.59 Å². The van der Waals surface area contributed by atoms with E-state index in [9.17, 15) is 9.59 Å². The van der Waals surface area contributed by atoms with Crippen molar-refractivity contribution in [3.63, 3.8) is 0 Å². The van der Waals surface area contributed by atoms with Crippen molar-refractivity contribution in [2.75, 3.05) is 31.5 Å². The van der Waals surface area contributed by atoms with E-state index in [4.69, 9.17) is 14.2 Å². The first-order valence-corrected chi connectivity index (χ1v) is 11.3. The van der Waals surface area contributed by atoms with Crippen LogP contribution in [0.25, 0.3) is 0 Å². The van der Waals surface area contributed by atoms with Crippen molar-refractivity contribution < 1.29 is 23.8 Å². The predicted molar refractivity (Wildman–Crippen MR) is 127 cm³/mol. The van der Waals surface area contributed by atoms with Crippen LogP contribution in [0.1, 0.15) is 38.3 Å². The van der Waals surface area contributed by atoms with Crippen LogP contribution < -0.4 is 20.1 Å². The summed E-state index contributed by atoms with van der Waals surface area (Å²) in [7, 11) is 2.92. The molecule has 7 heteroatoms. The number of methoxy groups -OCH3 is 2. The molecule has 2 aliphatic rings. The van der Waals surface area contributed by atoms with E-state index < -0.39 is 17.9 Å². The topological polar surface area (TPSA) is 85.9 Å². The SMILES string of the molecule is CCCOc1c(OC)cccc1[C@H]1Nc2ccccc2NC2=C1C(=O)[C@@H](C(=O)OC)[C@@H](C)C2. The summed E-state index contributed by atoms with van der Waals surface area (Å²) in [6, 6.07) is 12.9. The Balaban J connectivity index is 1.91. The Bertz CT molecular complexity index is 1090. The summed E-state index contributed by atoms with van der Waals surface area (Å²) in [5, 5.41) is 7.00. The highest BCUT2D eigenvalue weighted by molar-refractivity contribution is 6.11. The Morgan fingerprint density at radius 1 is 1.09 bits per heavy atom. The summed E-state index contributed by atoms with van der Waals surface area (Å²) in [6.45, 7) is 4.45. The van der Waals surface area contributed by atoms with Crippen LogP contribution in [-0.2, 0) is 14.3 Å². The number of para-hydroxylation sites is 3. The van der Waals surface area contributed by atoms with Gasteiger partial charge < -0.3 is 24.8 Å². The first kappa shape index (κ1) is 22.7. The first-order valence-electron chi connectivity index (χ1n) is 11.3. The summed E-state index contributed by atoms with van der Waals surface area (Å²) in [4.78, 5) is 26.4. The average Bonchev–Trinajstić information content (AvgIpc) is 2.98. The van der Waals surface area contributed by atoms with E-state index in [-0.39, 0.29) is 11.7 Å². The van der Waals surface area contributed by atoms with E-state index in [0.29, 0.717) is 30.1 Å². The van der Waals surface area contributed by atoms with Crippen LogP contribution in [0.3, 0.4) is 0 Å². The number of hydrogen-bond acceptors (Lipinski definition) is 7. The minimum atomic E-state index is -0.855. The highest BCUT2D eigenvalue weighted by Crippen LogP contribution is 2.47. The Morgan fingerprint density at radius 3 is 2.55 bits per heavy atom. The third kappa shape index (κ3) is 4.15. The van der Waals surface area contributed by atoms with Crippen LogP contribution in [0.15, 0.2) is 53.7 Å². The smallest absolute Gasteiger partial charge is 0.316 e. The predicted octanol–water partition coefficient (Wildman–Crippen LogP) is 4.71. The molecule has 174 valence electrons. The van der Waals surface area contributed by atoms with Gasteiger partial charge in [-0.15, -0.1) is 0 Å². The van der Waals surface area contributed by atoms with Gasteiger partial charge in [0.1, 0.15) is 5.92 Å². The molecule has 7 nitrogen and oxygen atoms in total. The van der Waals surface area contributed by atoms with Crippen molar-refractivity contribution in [1.82, 2.24) is 0 Å². The highest BCUT2D eigenvalue weighted by atomic mass is 16.5. The Morgan fingerprint density at radius 2 is 1.85 bits per heavy atom. The van der Waals surface area contributed by atoms with Gasteiger partial charge in [0.15, 0.2) is 17.3 Å². The molecular weight excluding hydrogens is 420 g/mol. The molecule has 0 aromatic heterocycles. The molecule has 0 saturated heterocycles. The van der Waals surface area contributed by atoms with Crippen LogP contribution in [0.4, 0.5) is 11.4 Å². The zero-order valence-corrected chi connectivity index (χ0v) is 19.4. The molecule has 0 fully saturated rings. The average molecular weight is 451 g/mol. The molecule has 0 bridgehead atoms. The molecule has 2 aromatic carbocycles. The number of allylic oxidation sites excluding steroid dienone is 1. The number of carbonyl (C=O) groups is 2. The summed E-state index contributed by atoms with van der Waals surface area (Å²) < 4.78 is 16.7. The van der Waals surface area contributed by atoms with Crippen LogP contribution in [0.2, 0.25) is 0 Å². The maximum absolute atomic E-state index is 13.8. The summed E-state index contributed by atoms with van der Waals surface area (Å²) in [5.41, 5.74) is 3.84. The second-order valence-electron chi connectivity index (χ2n) is 8.41. The number of nitrogens with one attached hydrogen (secondary N) is 2. The summed E-state index contributed by atoms with van der Waals surface area (Å²) in [5.74, 6) is -0.608. The van der Waals surface area contributed by atoms with Crippen LogP contribution >= 0.6 is 0 Å². The standard InChI is InChI=1S/C26H30N2O5/c1-5-13-33-25-16(9-8-12-20(25)31-3)23-22-19(27-17-10-6-7-11-18(17)28-23)14-15(2)21(24(22)29)26(30)32-4/h6-12,15,21,23,27-28H,5,13-14H2,1-4H3/t15-,21-,23+/m0/s1. The summed E-state index contributed by atoms with van der Waals surface area (Å²) in [6.07, 6.45) is 1.37. The third-order valence-electron chi connectivity index (χ3n) is 6.22. The Kier molecular flexibility index (Phi) is 6.58. The normalized spacial score (nSPS) is 21.7. The number of ketones is 1. The first-order chi connectivity index (χ1) is 16.0. The van der Waals surface area contributed by atoms with Crippen LogP contribution in [0.5, 0.6) is 11.5 Å². The van der Waals surface area contributed by atoms with Gasteiger partial charge >= 0.3 is 5.97 Å². The fourth-order valence-corrected chi connectivity index (χ4v) is 4.65. The lowest BCUT2D eigenvalue weighted by Crippen LogP contribution is -2.39. The van der Waals surface area contributed by atoms with Gasteiger partial charge in [-0.25, -0.2) is 0 Å². The number of carbonyl (C=O) groups excluding carboxylic acids is 2. The second kappa shape index (κ2) is 9.57. The maximum Gasteiger partial charge on any atom is 0.316 e. The molecule has 4 rings (SSSR count). The van der Waals surface area contributed by atoms with Gasteiger partial charge in [-0.2, -0.15) is 0 Å². The Labute approximate surface area is 194 Å². The molecule has 0 saturated carbocycles. The van der Waals surface area contributed by atoms with E-state index >= 15 is 0 Å². The van der Waals surface area contributed by atoms with Crippen molar-refractivity contribution in [3.05, 3.63) is 59.3 Å². The lowest BCUT2D eigenvalue weighted by molar-refractivity contribution is -0.151. The minimum absolute atomic E-state index is 0.191. The molecule has 0 spiro atoms. The molecule has 3 atom stereocenters. The number of hydrogen-bond donors (Lipinski definition) is 2. The number of fused-ring (bicyclic) bond motifs is 1. The monoisotopic (exact) mass is 450 g/mol. The number of Topliss-reactive ketones (excluding diaryl/α,β-unsaturated/α-hetero) is 1. The van der Waals surface area contributed by atoms with Gasteiger partial charge in [0, 0.05) is 16.8 Å². The fraction of sp³-hybridized carbons (Fsp3) is 0.385. The molecule has 1 heterocycles. The van der Waals surface area contributed by atoms with Gasteiger partial charge in [0.05, 0.1) is 38.2 Å². The summed E-state index contributed by atoms with van der Waals surface area (Å²) >= 11 is 0. The lowest BCUT2D eigenvalue weighted by atomic mass is 9.74. The van der Waals surface area contributed by atoms with Crippen molar-refractivity contribution in [2.45, 2.75) is 32.7 Å². The molecule has 33 heavy (non-hydrogen) atoms. The van der Waals surface area contributed by atoms with E-state index in [1.165, 1.54) is 7.11 Å². The molecule has 0 amide bonds. The van der Waals surface area contributed by atoms with Crippen molar-refractivity contribution in [3.8, 4) is 11.5 Å². The van der Waals surface area contributed by atoms with Crippen molar-refractivity contribution in [2.24, 2.45) is 11.8 Å². The number of esters is 1. The van der Waals surface area contributed by atoms with Gasteiger partial charge in [-0.05, 0) is 37.0 Å². The van der Waals surface area contributed by atoms with Crippen molar-refractivity contribution in [1.29, 1.82) is 0 Å². The number of rotatable bonds is 6. The van der Waals surface area contributed by atoms with Gasteiger partial charge in [0.25, 0.3) is 0 Å². The quantitative estimate of drug-likeness (QED) is 0.487. The molecule has 0 radical (unpaired) electrons. The molecular formula is C26H30N2O5. The van der Waals surface area contributed by atoms with Crippen LogP contribution in [0, 0.1) is 11.8 Å². The zero-order chi connectivity index (χ0) is 23.5. The Hall–Kier alpha value is -3.48. The second-order valence-corrected chi connectivity index (χ2v) is 8.41. The zero-order valence-electron chi connectivity index (χ0n) is 19.4. The van der Waals surface area contributed by atoms with Crippen LogP contribution in [-0.4, -0.2) is 32.6 Å². The molecule has 2 N–H and O–H groups in total. The number of anilines is 2. The van der Waals surface area contributed by atoms with E-state index in [1.807, 2.05) is 56.3 Å².